The minimum absolute atomic E-state index is 0.105. The van der Waals surface area contributed by atoms with Gasteiger partial charge in [0.15, 0.2) is 0 Å². The van der Waals surface area contributed by atoms with E-state index in [0.717, 1.165) is 25.8 Å². The molecule has 17 heavy (non-hydrogen) atoms. The average Bonchev–Trinajstić information content (AvgIpc) is 2.39. The number of carbonyl (C=O) groups excluding carboxylic acids is 1. The van der Waals surface area contributed by atoms with Crippen LogP contribution in [-0.4, -0.2) is 25.0 Å². The topological polar surface area (TPSA) is 41.1 Å². The minimum Gasteiger partial charge on any atom is -0.353 e. The lowest BCUT2D eigenvalue weighted by atomic mass is 10.0. The van der Waals surface area contributed by atoms with E-state index >= 15 is 0 Å². The molecule has 2 N–H and O–H groups in total. The van der Waals surface area contributed by atoms with E-state index in [1.807, 2.05) is 0 Å². The van der Waals surface area contributed by atoms with Gasteiger partial charge in [-0.15, -0.1) is 0 Å². The Kier molecular flexibility index (Phi) is 4.15. The zero-order chi connectivity index (χ0) is 12.1. The van der Waals surface area contributed by atoms with Crippen LogP contribution in [-0.2, 0) is 17.6 Å². The Balaban J connectivity index is 1.79. The van der Waals surface area contributed by atoms with Crippen molar-refractivity contribution < 1.29 is 4.79 Å². The second kappa shape index (κ2) is 5.82. The molecular weight excluding hydrogens is 212 g/mol. The molecule has 0 aromatic heterocycles. The van der Waals surface area contributed by atoms with Crippen LogP contribution < -0.4 is 10.6 Å². The number of amides is 1. The van der Waals surface area contributed by atoms with E-state index in [2.05, 4.69) is 41.8 Å². The van der Waals surface area contributed by atoms with Crippen LogP contribution in [0.15, 0.2) is 24.3 Å². The van der Waals surface area contributed by atoms with Crippen molar-refractivity contribution in [3.63, 3.8) is 0 Å². The maximum absolute atomic E-state index is 11.0. The predicted molar refractivity (Wildman–Crippen MR) is 68.9 cm³/mol. The highest BCUT2D eigenvalue weighted by molar-refractivity contribution is 5.78. The van der Waals surface area contributed by atoms with Crippen LogP contribution in [0, 0.1) is 0 Å². The van der Waals surface area contributed by atoms with E-state index in [0.29, 0.717) is 12.6 Å². The lowest BCUT2D eigenvalue weighted by molar-refractivity contribution is -0.121. The number of piperazine rings is 1. The summed E-state index contributed by atoms with van der Waals surface area (Å²) in [4.78, 5) is 11.0. The van der Waals surface area contributed by atoms with Crippen LogP contribution >= 0.6 is 0 Å². The Hall–Kier alpha value is -1.35. The second-order valence-corrected chi connectivity index (χ2v) is 4.59. The largest absolute Gasteiger partial charge is 0.353 e. The molecule has 1 aliphatic heterocycles. The standard InChI is InChI=1S/C14H20N2O/c1-2-11-3-5-12(6-4-11)7-8-13-9-16-14(17)10-15-13/h3-6,13,15H,2,7-10H2,1H3,(H,16,17). The number of hydrogen-bond acceptors (Lipinski definition) is 2. The Bertz CT molecular complexity index is 362. The average molecular weight is 232 g/mol. The molecule has 1 aliphatic rings. The summed E-state index contributed by atoms with van der Waals surface area (Å²) in [5.74, 6) is 0.105. The summed E-state index contributed by atoms with van der Waals surface area (Å²) in [6, 6.07) is 9.23. The zero-order valence-corrected chi connectivity index (χ0v) is 10.3. The molecule has 1 amide bonds. The smallest absolute Gasteiger partial charge is 0.234 e. The van der Waals surface area contributed by atoms with Gasteiger partial charge in [0.2, 0.25) is 5.91 Å². The highest BCUT2D eigenvalue weighted by Gasteiger charge is 2.16. The van der Waals surface area contributed by atoms with Crippen molar-refractivity contribution in [1.82, 2.24) is 10.6 Å². The van der Waals surface area contributed by atoms with Gasteiger partial charge in [-0.1, -0.05) is 31.2 Å². The van der Waals surface area contributed by atoms with Crippen LogP contribution in [0.4, 0.5) is 0 Å². The normalized spacial score (nSPS) is 20.1. The third kappa shape index (κ3) is 3.56. The summed E-state index contributed by atoms with van der Waals surface area (Å²) < 4.78 is 0. The van der Waals surface area contributed by atoms with Gasteiger partial charge in [0.25, 0.3) is 0 Å². The summed E-state index contributed by atoms with van der Waals surface area (Å²) in [5, 5.41) is 6.13. The van der Waals surface area contributed by atoms with Crippen LogP contribution in [0.3, 0.4) is 0 Å². The SMILES string of the molecule is CCc1ccc(CCC2CNC(=O)CN2)cc1. The van der Waals surface area contributed by atoms with Crippen molar-refractivity contribution in [2.24, 2.45) is 0 Å². The minimum atomic E-state index is 0.105. The van der Waals surface area contributed by atoms with Crippen molar-refractivity contribution in [3.05, 3.63) is 35.4 Å². The quantitative estimate of drug-likeness (QED) is 0.821. The molecule has 0 saturated carbocycles. The first-order valence-electron chi connectivity index (χ1n) is 6.36. The van der Waals surface area contributed by atoms with Gasteiger partial charge in [-0.05, 0) is 30.4 Å². The molecule has 1 unspecified atom stereocenters. The number of aryl methyl sites for hydroxylation is 2. The summed E-state index contributed by atoms with van der Waals surface area (Å²) in [5.41, 5.74) is 2.76. The number of rotatable bonds is 4. The Labute approximate surface area is 103 Å². The van der Waals surface area contributed by atoms with Gasteiger partial charge in [0.05, 0.1) is 6.54 Å². The van der Waals surface area contributed by atoms with Crippen molar-refractivity contribution in [2.75, 3.05) is 13.1 Å². The van der Waals surface area contributed by atoms with E-state index in [4.69, 9.17) is 0 Å². The molecule has 92 valence electrons. The number of benzene rings is 1. The van der Waals surface area contributed by atoms with Gasteiger partial charge < -0.3 is 10.6 Å². The molecular formula is C14H20N2O. The highest BCUT2D eigenvalue weighted by atomic mass is 16.2. The summed E-state index contributed by atoms with van der Waals surface area (Å²) in [7, 11) is 0. The molecule has 0 bridgehead atoms. The monoisotopic (exact) mass is 232 g/mol. The van der Waals surface area contributed by atoms with Crippen LogP contribution in [0.2, 0.25) is 0 Å². The van der Waals surface area contributed by atoms with Crippen molar-refractivity contribution in [2.45, 2.75) is 32.2 Å². The van der Waals surface area contributed by atoms with Gasteiger partial charge >= 0.3 is 0 Å². The van der Waals surface area contributed by atoms with Crippen molar-refractivity contribution in [3.8, 4) is 0 Å². The van der Waals surface area contributed by atoms with Crippen molar-refractivity contribution in [1.29, 1.82) is 0 Å². The molecule has 1 saturated heterocycles. The van der Waals surface area contributed by atoms with E-state index in [1.165, 1.54) is 11.1 Å². The maximum atomic E-state index is 11.0. The van der Waals surface area contributed by atoms with Gasteiger partial charge in [-0.25, -0.2) is 0 Å². The lowest BCUT2D eigenvalue weighted by Gasteiger charge is -2.23. The van der Waals surface area contributed by atoms with Crippen LogP contribution in [0.1, 0.15) is 24.5 Å². The molecule has 1 aromatic carbocycles. The second-order valence-electron chi connectivity index (χ2n) is 4.59. The van der Waals surface area contributed by atoms with Gasteiger partial charge in [0.1, 0.15) is 0 Å². The molecule has 1 aromatic rings. The Morgan fingerprint density at radius 2 is 1.94 bits per heavy atom. The molecule has 1 atom stereocenters. The first-order chi connectivity index (χ1) is 8.28. The van der Waals surface area contributed by atoms with Crippen LogP contribution in [0.5, 0.6) is 0 Å². The highest BCUT2D eigenvalue weighted by Crippen LogP contribution is 2.09. The third-order valence-corrected chi connectivity index (χ3v) is 3.31. The summed E-state index contributed by atoms with van der Waals surface area (Å²) in [6.07, 6.45) is 3.24. The molecule has 0 spiro atoms. The van der Waals surface area contributed by atoms with E-state index in [-0.39, 0.29) is 5.91 Å². The first-order valence-corrected chi connectivity index (χ1v) is 6.36. The number of hydrogen-bond donors (Lipinski definition) is 2. The fourth-order valence-corrected chi connectivity index (χ4v) is 2.10. The molecule has 0 radical (unpaired) electrons. The molecule has 1 fully saturated rings. The third-order valence-electron chi connectivity index (χ3n) is 3.31. The summed E-state index contributed by atoms with van der Waals surface area (Å²) in [6.45, 7) is 3.38. The van der Waals surface area contributed by atoms with E-state index in [1.54, 1.807) is 0 Å². The Morgan fingerprint density at radius 3 is 2.53 bits per heavy atom. The van der Waals surface area contributed by atoms with E-state index in [9.17, 15) is 4.79 Å². The fraction of sp³-hybridized carbons (Fsp3) is 0.500. The molecule has 1 heterocycles. The predicted octanol–water partition coefficient (Wildman–Crippen LogP) is 1.27. The molecule has 0 aliphatic carbocycles. The molecule has 3 heteroatoms. The molecule has 3 nitrogen and oxygen atoms in total. The first kappa shape index (κ1) is 12.1. The zero-order valence-electron chi connectivity index (χ0n) is 10.3. The molecule has 2 rings (SSSR count). The van der Waals surface area contributed by atoms with Crippen LogP contribution in [0.25, 0.3) is 0 Å². The fourth-order valence-electron chi connectivity index (χ4n) is 2.10. The number of carbonyl (C=O) groups is 1. The summed E-state index contributed by atoms with van der Waals surface area (Å²) >= 11 is 0. The van der Waals surface area contributed by atoms with E-state index < -0.39 is 0 Å². The Morgan fingerprint density at radius 1 is 1.24 bits per heavy atom. The van der Waals surface area contributed by atoms with Gasteiger partial charge in [-0.3, -0.25) is 4.79 Å². The van der Waals surface area contributed by atoms with Gasteiger partial charge in [0, 0.05) is 12.6 Å². The lowest BCUT2D eigenvalue weighted by Crippen LogP contribution is -2.51. The van der Waals surface area contributed by atoms with Crippen molar-refractivity contribution >= 4 is 5.91 Å². The van der Waals surface area contributed by atoms with Gasteiger partial charge in [-0.2, -0.15) is 0 Å². The number of nitrogens with one attached hydrogen (secondary N) is 2. The maximum Gasteiger partial charge on any atom is 0.234 e.